The molecule has 0 radical (unpaired) electrons. The fraction of sp³-hybridized carbons (Fsp3) is 0.333. The number of rotatable bonds is 9. The van der Waals surface area contributed by atoms with E-state index in [0.717, 1.165) is 11.1 Å². The third kappa shape index (κ3) is 5.64. The van der Waals surface area contributed by atoms with Crippen LogP contribution >= 0.6 is 0 Å². The van der Waals surface area contributed by atoms with E-state index in [0.29, 0.717) is 29.4 Å². The maximum atomic E-state index is 12.6. The van der Waals surface area contributed by atoms with E-state index >= 15 is 0 Å². The van der Waals surface area contributed by atoms with Gasteiger partial charge in [-0.25, -0.2) is 4.79 Å². The molecule has 0 fully saturated rings. The number of methoxy groups -OCH3 is 2. The number of anilines is 1. The summed E-state index contributed by atoms with van der Waals surface area (Å²) in [6, 6.07) is 10.6. The van der Waals surface area contributed by atoms with E-state index in [2.05, 4.69) is 5.32 Å². The van der Waals surface area contributed by atoms with E-state index in [-0.39, 0.29) is 11.8 Å². The Bertz CT molecular complexity index is 849. The molecule has 2 rings (SSSR count). The van der Waals surface area contributed by atoms with Crippen LogP contribution in [0.5, 0.6) is 17.2 Å². The van der Waals surface area contributed by atoms with Gasteiger partial charge in [-0.3, -0.25) is 4.79 Å². The number of benzene rings is 2. The Labute approximate surface area is 164 Å². The average Bonchev–Trinajstić information content (AvgIpc) is 2.67. The highest BCUT2D eigenvalue weighted by Gasteiger charge is 2.16. The minimum Gasteiger partial charge on any atom is -0.493 e. The van der Waals surface area contributed by atoms with Crippen molar-refractivity contribution >= 4 is 17.6 Å². The van der Waals surface area contributed by atoms with Crippen LogP contribution in [0.2, 0.25) is 0 Å². The van der Waals surface area contributed by atoms with Crippen LogP contribution in [0.4, 0.5) is 5.69 Å². The first-order chi connectivity index (χ1) is 13.3. The second-order valence-corrected chi connectivity index (χ2v) is 6.44. The number of ether oxygens (including phenoxy) is 3. The van der Waals surface area contributed by atoms with E-state index in [1.807, 2.05) is 32.0 Å². The summed E-state index contributed by atoms with van der Waals surface area (Å²) in [6.45, 7) is 3.27. The molecule has 2 aromatic carbocycles. The molecule has 2 N–H and O–H groups in total. The average molecular weight is 387 g/mol. The van der Waals surface area contributed by atoms with Gasteiger partial charge < -0.3 is 24.6 Å². The van der Waals surface area contributed by atoms with Crippen LogP contribution in [0.25, 0.3) is 0 Å². The molecule has 150 valence electrons. The molecule has 0 aliphatic heterocycles. The number of hydrogen-bond donors (Lipinski definition) is 2. The first-order valence-electron chi connectivity index (χ1n) is 8.81. The van der Waals surface area contributed by atoms with Gasteiger partial charge in [-0.1, -0.05) is 13.0 Å². The van der Waals surface area contributed by atoms with Gasteiger partial charge in [0.1, 0.15) is 5.75 Å². The van der Waals surface area contributed by atoms with E-state index in [1.165, 1.54) is 0 Å². The number of carbonyl (C=O) groups excluding carboxylic acids is 1. The van der Waals surface area contributed by atoms with Crippen molar-refractivity contribution in [2.45, 2.75) is 20.3 Å². The summed E-state index contributed by atoms with van der Waals surface area (Å²) < 4.78 is 15.7. The summed E-state index contributed by atoms with van der Waals surface area (Å²) in [7, 11) is 3.15. The number of carbonyl (C=O) groups is 2. The zero-order valence-corrected chi connectivity index (χ0v) is 16.4. The lowest BCUT2D eigenvalue weighted by molar-refractivity contribution is -0.139. The molecule has 1 unspecified atom stereocenters. The standard InChI is InChI=1S/C21H25NO6/c1-13-10-16(28-12-20(23)24)6-7-17(13)22-21(25)14(2)9-15-5-8-18(26-3)19(11-15)27-4/h5-8,10-11,14H,9,12H2,1-4H3,(H,22,25)(H,23,24). The van der Waals surface area contributed by atoms with Crippen LogP contribution in [0.15, 0.2) is 36.4 Å². The van der Waals surface area contributed by atoms with Gasteiger partial charge in [0, 0.05) is 11.6 Å². The Morgan fingerprint density at radius 3 is 2.39 bits per heavy atom. The molecule has 28 heavy (non-hydrogen) atoms. The summed E-state index contributed by atoms with van der Waals surface area (Å²) in [5.41, 5.74) is 2.41. The molecule has 1 atom stereocenters. The van der Waals surface area contributed by atoms with Gasteiger partial charge in [0.05, 0.1) is 14.2 Å². The summed E-state index contributed by atoms with van der Waals surface area (Å²) >= 11 is 0. The van der Waals surface area contributed by atoms with Crippen LogP contribution < -0.4 is 19.5 Å². The molecule has 0 saturated heterocycles. The van der Waals surface area contributed by atoms with Crippen molar-refractivity contribution in [1.82, 2.24) is 0 Å². The van der Waals surface area contributed by atoms with Gasteiger partial charge in [-0.2, -0.15) is 0 Å². The van der Waals surface area contributed by atoms with Crippen LogP contribution in [0, 0.1) is 12.8 Å². The number of nitrogens with one attached hydrogen (secondary N) is 1. The first kappa shape index (κ1) is 21.1. The molecule has 0 saturated carbocycles. The van der Waals surface area contributed by atoms with Crippen LogP contribution in [-0.4, -0.2) is 37.8 Å². The Balaban J connectivity index is 2.01. The van der Waals surface area contributed by atoms with E-state index in [1.54, 1.807) is 32.4 Å². The third-order valence-electron chi connectivity index (χ3n) is 4.26. The molecule has 0 spiro atoms. The van der Waals surface area contributed by atoms with Crippen molar-refractivity contribution in [3.05, 3.63) is 47.5 Å². The maximum Gasteiger partial charge on any atom is 0.341 e. The molecule has 0 aliphatic rings. The number of hydrogen-bond acceptors (Lipinski definition) is 5. The molecule has 1 amide bonds. The Kier molecular flexibility index (Phi) is 7.26. The van der Waals surface area contributed by atoms with Gasteiger partial charge in [-0.05, 0) is 54.8 Å². The second-order valence-electron chi connectivity index (χ2n) is 6.44. The van der Waals surface area contributed by atoms with Gasteiger partial charge >= 0.3 is 5.97 Å². The molecule has 0 heterocycles. The quantitative estimate of drug-likeness (QED) is 0.686. The van der Waals surface area contributed by atoms with Crippen LogP contribution in [0.1, 0.15) is 18.1 Å². The topological polar surface area (TPSA) is 94.1 Å². The number of carboxylic acid groups (broad SMARTS) is 1. The summed E-state index contributed by atoms with van der Waals surface area (Å²) in [5.74, 6) is 0.289. The molecule has 0 aliphatic carbocycles. The molecular weight excluding hydrogens is 362 g/mol. The smallest absolute Gasteiger partial charge is 0.341 e. The number of aliphatic carboxylic acids is 1. The zero-order valence-electron chi connectivity index (χ0n) is 16.4. The molecule has 7 heteroatoms. The largest absolute Gasteiger partial charge is 0.493 e. The lowest BCUT2D eigenvalue weighted by atomic mass is 9.99. The Hall–Kier alpha value is -3.22. The van der Waals surface area contributed by atoms with Crippen molar-refractivity contribution in [1.29, 1.82) is 0 Å². The molecule has 0 aromatic heterocycles. The van der Waals surface area contributed by atoms with Gasteiger partial charge in [-0.15, -0.1) is 0 Å². The van der Waals surface area contributed by atoms with Crippen LogP contribution in [0.3, 0.4) is 0 Å². The van der Waals surface area contributed by atoms with Crippen LogP contribution in [-0.2, 0) is 16.0 Å². The first-order valence-corrected chi connectivity index (χ1v) is 8.81. The highest BCUT2D eigenvalue weighted by molar-refractivity contribution is 5.93. The van der Waals surface area contributed by atoms with E-state index < -0.39 is 12.6 Å². The molecular formula is C21H25NO6. The fourth-order valence-corrected chi connectivity index (χ4v) is 2.72. The molecule has 7 nitrogen and oxygen atoms in total. The molecule has 2 aromatic rings. The Morgan fingerprint density at radius 2 is 1.79 bits per heavy atom. The van der Waals surface area contributed by atoms with Gasteiger partial charge in [0.15, 0.2) is 18.1 Å². The van der Waals surface area contributed by atoms with Crippen molar-refractivity contribution < 1.29 is 28.9 Å². The van der Waals surface area contributed by atoms with Crippen molar-refractivity contribution in [3.8, 4) is 17.2 Å². The maximum absolute atomic E-state index is 12.6. The van der Waals surface area contributed by atoms with Crippen molar-refractivity contribution in [3.63, 3.8) is 0 Å². The second kappa shape index (κ2) is 9.64. The monoisotopic (exact) mass is 387 g/mol. The predicted molar refractivity (Wildman–Crippen MR) is 105 cm³/mol. The lowest BCUT2D eigenvalue weighted by Gasteiger charge is -2.16. The summed E-state index contributed by atoms with van der Waals surface area (Å²) in [6.07, 6.45) is 0.547. The normalized spacial score (nSPS) is 11.4. The summed E-state index contributed by atoms with van der Waals surface area (Å²) in [4.78, 5) is 23.1. The van der Waals surface area contributed by atoms with Gasteiger partial charge in [0.2, 0.25) is 5.91 Å². The minimum absolute atomic E-state index is 0.114. The zero-order chi connectivity index (χ0) is 20.7. The Morgan fingerprint density at radius 1 is 1.07 bits per heavy atom. The third-order valence-corrected chi connectivity index (χ3v) is 4.26. The molecule has 0 bridgehead atoms. The lowest BCUT2D eigenvalue weighted by Crippen LogP contribution is -2.22. The van der Waals surface area contributed by atoms with Crippen molar-refractivity contribution in [2.24, 2.45) is 5.92 Å². The highest BCUT2D eigenvalue weighted by atomic mass is 16.5. The highest BCUT2D eigenvalue weighted by Crippen LogP contribution is 2.29. The van der Waals surface area contributed by atoms with E-state index in [9.17, 15) is 9.59 Å². The SMILES string of the molecule is COc1ccc(CC(C)C(=O)Nc2ccc(OCC(=O)O)cc2C)cc1OC. The number of amides is 1. The fourth-order valence-electron chi connectivity index (χ4n) is 2.72. The predicted octanol–water partition coefficient (Wildman–Crippen LogP) is 3.29. The number of aryl methyl sites for hydroxylation is 1. The summed E-state index contributed by atoms with van der Waals surface area (Å²) in [5, 5.41) is 11.6. The van der Waals surface area contributed by atoms with Gasteiger partial charge in [0.25, 0.3) is 0 Å². The van der Waals surface area contributed by atoms with Crippen molar-refractivity contribution in [2.75, 3.05) is 26.1 Å². The minimum atomic E-state index is -1.04. The number of carboxylic acids is 1. The van der Waals surface area contributed by atoms with E-state index in [4.69, 9.17) is 19.3 Å².